The molecular formula is C15H21NO4. The number of carbonyl (C=O) groups excluding carboxylic acids is 1. The Morgan fingerprint density at radius 2 is 1.75 bits per heavy atom. The molecular weight excluding hydrogens is 258 g/mol. The Kier molecular flexibility index (Phi) is 5.70. The highest BCUT2D eigenvalue weighted by molar-refractivity contribution is 6.06. The van der Waals surface area contributed by atoms with E-state index in [-0.39, 0.29) is 23.1 Å². The van der Waals surface area contributed by atoms with Gasteiger partial charge in [0.05, 0.1) is 23.8 Å². The molecule has 0 atom stereocenters. The average molecular weight is 279 g/mol. The fourth-order valence-electron chi connectivity index (χ4n) is 1.93. The molecule has 110 valence electrons. The predicted octanol–water partition coefficient (Wildman–Crippen LogP) is 2.16. The summed E-state index contributed by atoms with van der Waals surface area (Å²) in [7, 11) is 0. The zero-order valence-corrected chi connectivity index (χ0v) is 12.3. The molecule has 20 heavy (non-hydrogen) atoms. The average Bonchev–Trinajstić information content (AvgIpc) is 2.36. The van der Waals surface area contributed by atoms with Crippen molar-refractivity contribution < 1.29 is 19.4 Å². The fraction of sp³-hybridized carbons (Fsp3) is 0.467. The van der Waals surface area contributed by atoms with Crippen molar-refractivity contribution in [1.82, 2.24) is 5.32 Å². The van der Waals surface area contributed by atoms with E-state index in [1.165, 1.54) is 0 Å². The van der Waals surface area contributed by atoms with Crippen LogP contribution in [0.15, 0.2) is 12.1 Å². The topological polar surface area (TPSA) is 75.6 Å². The molecule has 0 aliphatic heterocycles. The van der Waals surface area contributed by atoms with Crippen LogP contribution in [-0.4, -0.2) is 36.2 Å². The standard InChI is InChI=1S/C15H21NO4/c1-9(2)20-8-7-16-14(17)12-10(3)5-6-11(4)13(12)15(18)19/h5-6,9H,7-8H2,1-4H3,(H,16,17)(H,18,19). The number of nitrogens with one attached hydrogen (secondary N) is 1. The van der Waals surface area contributed by atoms with Gasteiger partial charge in [-0.1, -0.05) is 12.1 Å². The lowest BCUT2D eigenvalue weighted by Crippen LogP contribution is -2.30. The van der Waals surface area contributed by atoms with Crippen molar-refractivity contribution in [3.8, 4) is 0 Å². The minimum atomic E-state index is -1.09. The second kappa shape index (κ2) is 7.05. The molecule has 0 unspecified atom stereocenters. The molecule has 2 N–H and O–H groups in total. The fourth-order valence-corrected chi connectivity index (χ4v) is 1.93. The molecule has 0 spiro atoms. The van der Waals surface area contributed by atoms with Crippen molar-refractivity contribution in [3.05, 3.63) is 34.4 Å². The summed E-state index contributed by atoms with van der Waals surface area (Å²) in [6.07, 6.45) is 0.0992. The van der Waals surface area contributed by atoms with Crippen LogP contribution in [0.2, 0.25) is 0 Å². The molecule has 0 aliphatic rings. The van der Waals surface area contributed by atoms with Gasteiger partial charge in [-0.2, -0.15) is 0 Å². The third kappa shape index (κ3) is 4.06. The third-order valence-corrected chi connectivity index (χ3v) is 2.90. The van der Waals surface area contributed by atoms with E-state index in [1.54, 1.807) is 26.0 Å². The lowest BCUT2D eigenvalue weighted by atomic mass is 9.96. The summed E-state index contributed by atoms with van der Waals surface area (Å²) in [6.45, 7) is 7.98. The van der Waals surface area contributed by atoms with Gasteiger partial charge in [0.1, 0.15) is 0 Å². The van der Waals surface area contributed by atoms with Crippen molar-refractivity contribution in [2.45, 2.75) is 33.8 Å². The van der Waals surface area contributed by atoms with Crippen LogP contribution in [0.3, 0.4) is 0 Å². The minimum Gasteiger partial charge on any atom is -0.478 e. The van der Waals surface area contributed by atoms with E-state index in [1.807, 2.05) is 13.8 Å². The molecule has 1 aromatic rings. The van der Waals surface area contributed by atoms with Crippen molar-refractivity contribution in [2.75, 3.05) is 13.2 Å². The zero-order valence-electron chi connectivity index (χ0n) is 12.3. The smallest absolute Gasteiger partial charge is 0.336 e. The van der Waals surface area contributed by atoms with Crippen LogP contribution >= 0.6 is 0 Å². The molecule has 1 rings (SSSR count). The molecule has 0 bridgehead atoms. The van der Waals surface area contributed by atoms with Gasteiger partial charge >= 0.3 is 5.97 Å². The second-order valence-electron chi connectivity index (χ2n) is 4.93. The third-order valence-electron chi connectivity index (χ3n) is 2.90. The first-order valence-corrected chi connectivity index (χ1v) is 6.58. The van der Waals surface area contributed by atoms with Crippen molar-refractivity contribution in [2.24, 2.45) is 0 Å². The van der Waals surface area contributed by atoms with Crippen LogP contribution in [0.4, 0.5) is 0 Å². The number of hydrogen-bond donors (Lipinski definition) is 2. The van der Waals surface area contributed by atoms with Crippen molar-refractivity contribution >= 4 is 11.9 Å². The van der Waals surface area contributed by atoms with Crippen LogP contribution in [0.1, 0.15) is 45.7 Å². The first kappa shape index (κ1) is 16.2. The lowest BCUT2D eigenvalue weighted by Gasteiger charge is -2.13. The largest absolute Gasteiger partial charge is 0.478 e. The molecule has 0 aliphatic carbocycles. The maximum absolute atomic E-state index is 12.2. The summed E-state index contributed by atoms with van der Waals surface area (Å²) in [5.41, 5.74) is 1.51. The van der Waals surface area contributed by atoms with E-state index >= 15 is 0 Å². The normalized spacial score (nSPS) is 10.7. The highest BCUT2D eigenvalue weighted by atomic mass is 16.5. The van der Waals surface area contributed by atoms with Crippen LogP contribution in [0.25, 0.3) is 0 Å². The zero-order chi connectivity index (χ0) is 15.3. The Balaban J connectivity index is 2.87. The molecule has 0 heterocycles. The number of carboxylic acids is 1. The number of benzene rings is 1. The summed E-state index contributed by atoms with van der Waals surface area (Å²) in [4.78, 5) is 23.5. The lowest BCUT2D eigenvalue weighted by molar-refractivity contribution is 0.0686. The Hall–Kier alpha value is -1.88. The summed E-state index contributed by atoms with van der Waals surface area (Å²) in [5.74, 6) is -1.47. The van der Waals surface area contributed by atoms with Gasteiger partial charge in [-0.25, -0.2) is 4.79 Å². The van der Waals surface area contributed by atoms with E-state index < -0.39 is 5.97 Å². The van der Waals surface area contributed by atoms with E-state index in [2.05, 4.69) is 5.32 Å². The van der Waals surface area contributed by atoms with Crippen molar-refractivity contribution in [3.63, 3.8) is 0 Å². The van der Waals surface area contributed by atoms with E-state index in [0.29, 0.717) is 24.3 Å². The van der Waals surface area contributed by atoms with Gasteiger partial charge in [0.15, 0.2) is 0 Å². The van der Waals surface area contributed by atoms with Gasteiger partial charge in [0.2, 0.25) is 0 Å². The van der Waals surface area contributed by atoms with Gasteiger partial charge in [-0.3, -0.25) is 4.79 Å². The Labute approximate surface area is 118 Å². The van der Waals surface area contributed by atoms with E-state index in [4.69, 9.17) is 4.74 Å². The number of aryl methyl sites for hydroxylation is 2. The van der Waals surface area contributed by atoms with Gasteiger partial charge in [0.25, 0.3) is 5.91 Å². The second-order valence-corrected chi connectivity index (χ2v) is 4.93. The summed E-state index contributed by atoms with van der Waals surface area (Å²) < 4.78 is 5.33. The van der Waals surface area contributed by atoms with Gasteiger partial charge < -0.3 is 15.2 Å². The number of ether oxygens (including phenoxy) is 1. The predicted molar refractivity (Wildman–Crippen MR) is 76.3 cm³/mol. The summed E-state index contributed by atoms with van der Waals surface area (Å²) >= 11 is 0. The molecule has 1 amide bonds. The maximum atomic E-state index is 12.2. The van der Waals surface area contributed by atoms with E-state index in [0.717, 1.165) is 0 Å². The SMILES string of the molecule is Cc1ccc(C)c(C(=O)NCCOC(C)C)c1C(=O)O. The Bertz CT molecular complexity index is 509. The number of aromatic carboxylic acids is 1. The first-order valence-electron chi connectivity index (χ1n) is 6.58. The molecule has 0 aromatic heterocycles. The monoisotopic (exact) mass is 279 g/mol. The molecule has 0 radical (unpaired) electrons. The molecule has 5 heteroatoms. The first-order chi connectivity index (χ1) is 9.34. The van der Waals surface area contributed by atoms with Gasteiger partial charge in [0, 0.05) is 6.54 Å². The molecule has 0 saturated carbocycles. The van der Waals surface area contributed by atoms with Crippen LogP contribution in [-0.2, 0) is 4.74 Å². The molecule has 0 fully saturated rings. The molecule has 1 aromatic carbocycles. The minimum absolute atomic E-state index is 0.0623. The van der Waals surface area contributed by atoms with Crippen molar-refractivity contribution in [1.29, 1.82) is 0 Å². The quantitative estimate of drug-likeness (QED) is 0.782. The number of carbonyl (C=O) groups is 2. The van der Waals surface area contributed by atoms with Crippen LogP contribution in [0.5, 0.6) is 0 Å². The number of amides is 1. The van der Waals surface area contributed by atoms with Crippen LogP contribution < -0.4 is 5.32 Å². The van der Waals surface area contributed by atoms with Crippen LogP contribution in [0, 0.1) is 13.8 Å². The van der Waals surface area contributed by atoms with Gasteiger partial charge in [-0.05, 0) is 38.8 Å². The van der Waals surface area contributed by atoms with E-state index in [9.17, 15) is 14.7 Å². The molecule has 5 nitrogen and oxygen atoms in total. The van der Waals surface area contributed by atoms with Gasteiger partial charge in [-0.15, -0.1) is 0 Å². The summed E-state index contributed by atoms with van der Waals surface area (Å²) in [5, 5.41) is 11.9. The maximum Gasteiger partial charge on any atom is 0.336 e. The Morgan fingerprint density at radius 3 is 2.25 bits per heavy atom. The summed E-state index contributed by atoms with van der Waals surface area (Å²) in [6, 6.07) is 3.46. The number of carboxylic acid groups (broad SMARTS) is 1. The number of hydrogen-bond acceptors (Lipinski definition) is 3. The Morgan fingerprint density at radius 1 is 1.20 bits per heavy atom. The number of rotatable bonds is 6. The molecule has 0 saturated heterocycles. The highest BCUT2D eigenvalue weighted by Crippen LogP contribution is 2.18. The highest BCUT2D eigenvalue weighted by Gasteiger charge is 2.20.